The summed E-state index contributed by atoms with van der Waals surface area (Å²) in [4.78, 5) is 44.3. The van der Waals surface area contributed by atoms with Gasteiger partial charge in [0.15, 0.2) is 0 Å². The molecule has 0 saturated carbocycles. The molecule has 1 spiro atoms. The van der Waals surface area contributed by atoms with Gasteiger partial charge in [-0.05, 0) is 43.2 Å². The average Bonchev–Trinajstić information content (AvgIpc) is 3.18. The molecule has 9 nitrogen and oxygen atoms in total. The fraction of sp³-hybridized carbons (Fsp3) is 0.519. The summed E-state index contributed by atoms with van der Waals surface area (Å²) >= 11 is 0. The summed E-state index contributed by atoms with van der Waals surface area (Å²) in [6, 6.07) is 6.31. The maximum atomic E-state index is 14.2. The average molecular weight is 497 g/mol. The van der Waals surface area contributed by atoms with Gasteiger partial charge in [0.1, 0.15) is 29.9 Å². The van der Waals surface area contributed by atoms with Crippen LogP contribution < -0.4 is 9.64 Å². The number of carbonyl (C=O) groups is 3. The van der Waals surface area contributed by atoms with E-state index in [1.807, 2.05) is 24.3 Å². The summed E-state index contributed by atoms with van der Waals surface area (Å²) < 4.78 is 17.1. The molecule has 5 rings (SSSR count). The maximum Gasteiger partial charge on any atom is 0.313 e. The number of benzene rings is 1. The number of cyclic esters (lactones) is 1. The Balaban J connectivity index is 1.51. The third-order valence-corrected chi connectivity index (χ3v) is 7.60. The molecule has 36 heavy (non-hydrogen) atoms. The van der Waals surface area contributed by atoms with Gasteiger partial charge in [0, 0.05) is 25.4 Å². The maximum absolute atomic E-state index is 14.2. The number of amides is 2. The number of methoxy groups -OCH3 is 1. The molecule has 2 saturated heterocycles. The van der Waals surface area contributed by atoms with E-state index in [0.717, 1.165) is 12.8 Å². The van der Waals surface area contributed by atoms with Gasteiger partial charge in [-0.1, -0.05) is 31.1 Å². The fourth-order valence-electron chi connectivity index (χ4n) is 5.95. The molecule has 192 valence electrons. The first-order valence-electron chi connectivity index (χ1n) is 12.6. The summed E-state index contributed by atoms with van der Waals surface area (Å²) in [5, 5.41) is 9.08. The normalized spacial score (nSPS) is 31.0. The molecule has 4 aliphatic heterocycles. The van der Waals surface area contributed by atoms with Crippen LogP contribution in [0.1, 0.15) is 25.7 Å². The molecule has 5 atom stereocenters. The third-order valence-electron chi connectivity index (χ3n) is 7.60. The van der Waals surface area contributed by atoms with Gasteiger partial charge >= 0.3 is 5.97 Å². The quantitative estimate of drug-likeness (QED) is 0.333. The molecule has 2 amide bonds. The Morgan fingerprint density at radius 2 is 1.83 bits per heavy atom. The molecule has 0 aliphatic carbocycles. The summed E-state index contributed by atoms with van der Waals surface area (Å²) in [7, 11) is 1.58. The van der Waals surface area contributed by atoms with E-state index in [1.165, 1.54) is 0 Å². The van der Waals surface area contributed by atoms with Crippen molar-refractivity contribution in [3.05, 3.63) is 48.6 Å². The first-order valence-corrected chi connectivity index (χ1v) is 12.6. The van der Waals surface area contributed by atoms with Crippen LogP contribution in [0.25, 0.3) is 0 Å². The number of likely N-dealkylation sites (tertiary alicyclic amines) is 1. The van der Waals surface area contributed by atoms with Crippen molar-refractivity contribution in [2.45, 2.75) is 43.4 Å². The van der Waals surface area contributed by atoms with Crippen molar-refractivity contribution in [1.29, 1.82) is 0 Å². The number of ether oxygens (including phenoxy) is 3. The van der Waals surface area contributed by atoms with E-state index in [0.29, 0.717) is 37.4 Å². The van der Waals surface area contributed by atoms with Gasteiger partial charge in [0.2, 0.25) is 5.91 Å². The van der Waals surface area contributed by atoms with E-state index in [4.69, 9.17) is 19.3 Å². The van der Waals surface area contributed by atoms with Gasteiger partial charge in [-0.3, -0.25) is 14.4 Å². The Morgan fingerprint density at radius 3 is 2.58 bits per heavy atom. The fourth-order valence-corrected chi connectivity index (χ4v) is 5.95. The minimum atomic E-state index is -1.25. The van der Waals surface area contributed by atoms with Crippen molar-refractivity contribution in [2.75, 3.05) is 38.3 Å². The number of carbonyl (C=O) groups excluding carboxylic acids is 3. The van der Waals surface area contributed by atoms with Crippen LogP contribution in [0.5, 0.6) is 5.75 Å². The molecule has 0 aromatic heterocycles. The Kier molecular flexibility index (Phi) is 6.85. The summed E-state index contributed by atoms with van der Waals surface area (Å²) in [5.74, 6) is -1.93. The number of aliphatic hydroxyl groups is 1. The molecule has 4 heterocycles. The number of aliphatic hydroxyl groups excluding tert-OH is 1. The highest BCUT2D eigenvalue weighted by Crippen LogP contribution is 2.53. The number of unbranched alkanes of at least 4 members (excludes halogenated alkanes) is 3. The number of anilines is 1. The zero-order valence-corrected chi connectivity index (χ0v) is 20.4. The Morgan fingerprint density at radius 1 is 1.06 bits per heavy atom. The Hall–Kier alpha value is -3.17. The number of nitrogens with zero attached hydrogens (tertiary/aromatic N) is 2. The topological polar surface area (TPSA) is 106 Å². The van der Waals surface area contributed by atoms with Crippen molar-refractivity contribution < 1.29 is 33.7 Å². The lowest BCUT2D eigenvalue weighted by Crippen LogP contribution is -2.55. The van der Waals surface area contributed by atoms with E-state index in [9.17, 15) is 14.4 Å². The van der Waals surface area contributed by atoms with E-state index in [1.54, 1.807) is 41.2 Å². The van der Waals surface area contributed by atoms with Crippen molar-refractivity contribution in [3.63, 3.8) is 0 Å². The van der Waals surface area contributed by atoms with Gasteiger partial charge in [0.05, 0.1) is 19.1 Å². The van der Waals surface area contributed by atoms with Crippen LogP contribution in [0.4, 0.5) is 5.69 Å². The van der Waals surface area contributed by atoms with Crippen molar-refractivity contribution in [2.24, 2.45) is 11.8 Å². The first kappa shape index (κ1) is 24.5. The zero-order valence-electron chi connectivity index (χ0n) is 20.4. The van der Waals surface area contributed by atoms with E-state index >= 15 is 0 Å². The van der Waals surface area contributed by atoms with Crippen molar-refractivity contribution >= 4 is 23.5 Å². The second-order valence-electron chi connectivity index (χ2n) is 9.62. The van der Waals surface area contributed by atoms with Gasteiger partial charge in [-0.15, -0.1) is 0 Å². The molecular formula is C27H32N2O7. The van der Waals surface area contributed by atoms with Gasteiger partial charge in [0.25, 0.3) is 5.91 Å². The number of fused-ring (bicyclic) bond motifs is 2. The number of esters is 1. The minimum absolute atomic E-state index is 0.128. The summed E-state index contributed by atoms with van der Waals surface area (Å²) in [6.07, 6.45) is 9.58. The number of hydrogen-bond acceptors (Lipinski definition) is 7. The molecule has 9 heteroatoms. The molecular weight excluding hydrogens is 464 g/mol. The van der Waals surface area contributed by atoms with Crippen molar-refractivity contribution in [3.8, 4) is 5.75 Å². The SMILES string of the molecule is COc1ccc(N2CC=C[C@]34O[C@@H]5C=CCOC(=O)[C@@H]5[C@H]3C(=O)N(CCCCCCO)C4C2=O)cc1. The smallest absolute Gasteiger partial charge is 0.313 e. The number of hydrogen-bond donors (Lipinski definition) is 1. The second-order valence-corrected chi connectivity index (χ2v) is 9.62. The molecule has 4 aliphatic rings. The molecule has 0 bridgehead atoms. The lowest BCUT2D eigenvalue weighted by Gasteiger charge is -2.35. The first-order chi connectivity index (χ1) is 17.5. The summed E-state index contributed by atoms with van der Waals surface area (Å²) in [5.41, 5.74) is -0.566. The molecule has 1 aromatic rings. The Bertz CT molecular complexity index is 1070. The van der Waals surface area contributed by atoms with Gasteiger partial charge in [-0.25, -0.2) is 0 Å². The van der Waals surface area contributed by atoms with E-state index in [2.05, 4.69) is 0 Å². The molecule has 1 aromatic carbocycles. The highest BCUT2D eigenvalue weighted by molar-refractivity contribution is 6.05. The predicted octanol–water partition coefficient (Wildman–Crippen LogP) is 1.84. The zero-order chi connectivity index (χ0) is 25.3. The molecule has 1 unspecified atom stereocenters. The van der Waals surface area contributed by atoms with Gasteiger partial charge < -0.3 is 29.1 Å². The van der Waals surface area contributed by atoms with Crippen LogP contribution in [0.15, 0.2) is 48.6 Å². The summed E-state index contributed by atoms with van der Waals surface area (Å²) in [6.45, 7) is 0.951. The lowest BCUT2D eigenvalue weighted by atomic mass is 9.78. The van der Waals surface area contributed by atoms with Crippen LogP contribution in [0, 0.1) is 11.8 Å². The lowest BCUT2D eigenvalue weighted by molar-refractivity contribution is -0.152. The second kappa shape index (κ2) is 10.1. The largest absolute Gasteiger partial charge is 0.497 e. The van der Waals surface area contributed by atoms with Crippen LogP contribution in [0.2, 0.25) is 0 Å². The van der Waals surface area contributed by atoms with Crippen LogP contribution in [0.3, 0.4) is 0 Å². The standard InChI is InChI=1S/C27H32N2O7/c1-34-19-11-9-18(10-12-19)28-15-7-13-27-22(21-20(36-27)8-6-17-35-26(21)33)24(31)29(23(27)25(28)32)14-4-2-3-5-16-30/h6-13,20-23,30H,2-5,14-17H2,1H3/t20-,21+,22+,23?,27+/m1/s1. The van der Waals surface area contributed by atoms with Crippen LogP contribution in [-0.4, -0.2) is 79.0 Å². The molecule has 0 radical (unpaired) electrons. The Labute approximate surface area is 210 Å². The van der Waals surface area contributed by atoms with E-state index < -0.39 is 35.6 Å². The molecule has 1 N–H and O–H groups in total. The molecule has 2 fully saturated rings. The number of rotatable bonds is 8. The van der Waals surface area contributed by atoms with Crippen LogP contribution >= 0.6 is 0 Å². The van der Waals surface area contributed by atoms with E-state index in [-0.39, 0.29) is 25.0 Å². The highest BCUT2D eigenvalue weighted by Gasteiger charge is 2.71. The predicted molar refractivity (Wildman–Crippen MR) is 130 cm³/mol. The minimum Gasteiger partial charge on any atom is -0.497 e. The van der Waals surface area contributed by atoms with Crippen LogP contribution in [-0.2, 0) is 23.9 Å². The third kappa shape index (κ3) is 4.00. The van der Waals surface area contributed by atoms with Crippen molar-refractivity contribution in [1.82, 2.24) is 4.90 Å². The van der Waals surface area contributed by atoms with Gasteiger partial charge in [-0.2, -0.15) is 0 Å². The monoisotopic (exact) mass is 496 g/mol. The highest BCUT2D eigenvalue weighted by atomic mass is 16.6.